The third kappa shape index (κ3) is 1.95. The van der Waals surface area contributed by atoms with Crippen molar-refractivity contribution < 1.29 is 4.79 Å². The summed E-state index contributed by atoms with van der Waals surface area (Å²) in [6, 6.07) is 4.06. The van der Waals surface area contributed by atoms with Crippen LogP contribution >= 0.6 is 11.3 Å². The fraction of sp³-hybridized carbons (Fsp3) is 0.375. The minimum atomic E-state index is 0.238. The number of ketones is 1. The molecule has 0 aromatic carbocycles. The summed E-state index contributed by atoms with van der Waals surface area (Å²) in [6.45, 7) is 3.67. The molecule has 0 saturated heterocycles. The highest BCUT2D eigenvalue weighted by atomic mass is 32.1. The molecule has 0 spiro atoms. The van der Waals surface area contributed by atoms with Crippen LogP contribution in [0.3, 0.4) is 0 Å². The molecule has 1 heterocycles. The van der Waals surface area contributed by atoms with E-state index in [1.807, 2.05) is 19.1 Å². The molecule has 54 valence electrons. The highest BCUT2D eigenvalue weighted by molar-refractivity contribution is 7.12. The van der Waals surface area contributed by atoms with E-state index in [1.165, 1.54) is 9.75 Å². The van der Waals surface area contributed by atoms with Crippen molar-refractivity contribution in [2.45, 2.75) is 20.3 Å². The van der Waals surface area contributed by atoms with Gasteiger partial charge in [0.25, 0.3) is 0 Å². The number of Topliss-reactive ketones (excluding diaryl/α,β-unsaturated/α-hetero) is 1. The number of aryl methyl sites for hydroxylation is 1. The fourth-order valence-corrected chi connectivity index (χ4v) is 1.79. The maximum Gasteiger partial charge on any atom is 0.135 e. The molecule has 1 nitrogen and oxygen atoms in total. The van der Waals surface area contributed by atoms with Gasteiger partial charge in [-0.1, -0.05) is 0 Å². The van der Waals surface area contributed by atoms with Crippen LogP contribution in [-0.2, 0) is 11.2 Å². The van der Waals surface area contributed by atoms with E-state index in [1.54, 1.807) is 18.3 Å². The molecule has 0 N–H and O–H groups in total. The summed E-state index contributed by atoms with van der Waals surface area (Å²) in [5, 5.41) is 0. The number of thiophene rings is 1. The first-order valence-electron chi connectivity index (χ1n) is 3.23. The fourth-order valence-electron chi connectivity index (χ4n) is 0.825. The Hall–Kier alpha value is -0.630. The van der Waals surface area contributed by atoms with Gasteiger partial charge in [0.05, 0.1) is 0 Å². The van der Waals surface area contributed by atoms with Gasteiger partial charge in [0.15, 0.2) is 0 Å². The van der Waals surface area contributed by atoms with E-state index in [0.29, 0.717) is 6.42 Å². The lowest BCUT2D eigenvalue weighted by atomic mass is 10.3. The Morgan fingerprint density at radius 3 is 2.70 bits per heavy atom. The molecule has 1 aromatic heterocycles. The summed E-state index contributed by atoms with van der Waals surface area (Å²) in [6.07, 6.45) is 0.596. The van der Waals surface area contributed by atoms with E-state index in [9.17, 15) is 4.79 Å². The smallest absolute Gasteiger partial charge is 0.135 e. The zero-order chi connectivity index (χ0) is 7.56. The van der Waals surface area contributed by atoms with Crippen molar-refractivity contribution in [3.63, 3.8) is 0 Å². The Morgan fingerprint density at radius 1 is 1.60 bits per heavy atom. The first-order valence-corrected chi connectivity index (χ1v) is 4.05. The van der Waals surface area contributed by atoms with Crippen molar-refractivity contribution in [1.29, 1.82) is 0 Å². The van der Waals surface area contributed by atoms with Crippen LogP contribution in [0.4, 0.5) is 0 Å². The Bertz CT molecular complexity index is 237. The van der Waals surface area contributed by atoms with E-state index >= 15 is 0 Å². The molecule has 0 unspecified atom stereocenters. The van der Waals surface area contributed by atoms with Crippen molar-refractivity contribution >= 4 is 17.1 Å². The van der Waals surface area contributed by atoms with E-state index < -0.39 is 0 Å². The molecular formula is C8H10OS. The van der Waals surface area contributed by atoms with Gasteiger partial charge in [0.2, 0.25) is 0 Å². The first-order chi connectivity index (χ1) is 4.68. The molecule has 1 rings (SSSR count). The summed E-state index contributed by atoms with van der Waals surface area (Å²) in [7, 11) is 0. The van der Waals surface area contributed by atoms with Crippen molar-refractivity contribution in [1.82, 2.24) is 0 Å². The van der Waals surface area contributed by atoms with Crippen LogP contribution in [0.25, 0.3) is 0 Å². The molecule has 0 aliphatic rings. The van der Waals surface area contributed by atoms with Crippen LogP contribution in [0.5, 0.6) is 0 Å². The molecule has 0 radical (unpaired) electrons. The van der Waals surface area contributed by atoms with Gasteiger partial charge >= 0.3 is 0 Å². The molecule has 0 bridgehead atoms. The molecule has 0 amide bonds. The quantitative estimate of drug-likeness (QED) is 0.638. The van der Waals surface area contributed by atoms with Gasteiger partial charge in [-0.15, -0.1) is 11.3 Å². The lowest BCUT2D eigenvalue weighted by molar-refractivity contribution is -0.116. The highest BCUT2D eigenvalue weighted by Crippen LogP contribution is 2.15. The van der Waals surface area contributed by atoms with E-state index in [4.69, 9.17) is 0 Å². The molecule has 0 aliphatic heterocycles. The number of carbonyl (C=O) groups is 1. The standard InChI is InChI=1S/C8H10OS/c1-6(9)5-8-4-3-7(2)10-8/h3-4H,5H2,1-2H3. The summed E-state index contributed by atoms with van der Waals surface area (Å²) in [4.78, 5) is 13.1. The van der Waals surface area contributed by atoms with Gasteiger partial charge in [-0.2, -0.15) is 0 Å². The maximum absolute atomic E-state index is 10.6. The van der Waals surface area contributed by atoms with Gasteiger partial charge in [-0.25, -0.2) is 0 Å². The van der Waals surface area contributed by atoms with E-state index in [2.05, 4.69) is 0 Å². The van der Waals surface area contributed by atoms with E-state index in [-0.39, 0.29) is 5.78 Å². The second-order valence-corrected chi connectivity index (χ2v) is 3.76. The summed E-state index contributed by atoms with van der Waals surface area (Å²) in [5.41, 5.74) is 0. The van der Waals surface area contributed by atoms with Gasteiger partial charge in [0, 0.05) is 16.2 Å². The van der Waals surface area contributed by atoms with Crippen LogP contribution in [-0.4, -0.2) is 5.78 Å². The van der Waals surface area contributed by atoms with Gasteiger partial charge < -0.3 is 0 Å². The van der Waals surface area contributed by atoms with Crippen LogP contribution in [0.15, 0.2) is 12.1 Å². The van der Waals surface area contributed by atoms with Crippen molar-refractivity contribution in [2.75, 3.05) is 0 Å². The van der Waals surface area contributed by atoms with Crippen molar-refractivity contribution in [3.05, 3.63) is 21.9 Å². The second kappa shape index (κ2) is 2.97. The number of hydrogen-bond acceptors (Lipinski definition) is 2. The van der Waals surface area contributed by atoms with Crippen molar-refractivity contribution in [3.8, 4) is 0 Å². The SMILES string of the molecule is CC(=O)Cc1ccc(C)s1. The predicted octanol–water partition coefficient (Wildman–Crippen LogP) is 2.19. The third-order valence-corrected chi connectivity index (χ3v) is 2.22. The average molecular weight is 154 g/mol. The first kappa shape index (κ1) is 7.48. The van der Waals surface area contributed by atoms with Crippen LogP contribution in [0, 0.1) is 6.92 Å². The molecule has 0 saturated carbocycles. The van der Waals surface area contributed by atoms with Crippen LogP contribution in [0.1, 0.15) is 16.7 Å². The lowest BCUT2D eigenvalue weighted by Gasteiger charge is -1.87. The summed E-state index contributed by atoms with van der Waals surface area (Å²) in [5.74, 6) is 0.238. The molecule has 0 fully saturated rings. The van der Waals surface area contributed by atoms with Crippen LogP contribution in [0.2, 0.25) is 0 Å². The lowest BCUT2D eigenvalue weighted by Crippen LogP contribution is -1.92. The second-order valence-electron chi connectivity index (χ2n) is 2.39. The monoisotopic (exact) mass is 154 g/mol. The molecule has 10 heavy (non-hydrogen) atoms. The Labute approximate surface area is 64.7 Å². The normalized spacial score (nSPS) is 9.80. The largest absolute Gasteiger partial charge is 0.300 e. The van der Waals surface area contributed by atoms with Crippen LogP contribution < -0.4 is 0 Å². The average Bonchev–Trinajstić information content (AvgIpc) is 2.13. The Kier molecular flexibility index (Phi) is 2.22. The number of rotatable bonds is 2. The topological polar surface area (TPSA) is 17.1 Å². The minimum absolute atomic E-state index is 0.238. The number of carbonyl (C=O) groups excluding carboxylic acids is 1. The zero-order valence-electron chi connectivity index (χ0n) is 6.18. The minimum Gasteiger partial charge on any atom is -0.300 e. The Morgan fingerprint density at radius 2 is 2.30 bits per heavy atom. The van der Waals surface area contributed by atoms with Gasteiger partial charge in [-0.05, 0) is 26.0 Å². The van der Waals surface area contributed by atoms with Crippen molar-refractivity contribution in [2.24, 2.45) is 0 Å². The molecule has 0 atom stereocenters. The predicted molar refractivity (Wildman–Crippen MR) is 43.4 cm³/mol. The molecular weight excluding hydrogens is 144 g/mol. The van der Waals surface area contributed by atoms with Gasteiger partial charge in [0.1, 0.15) is 5.78 Å². The van der Waals surface area contributed by atoms with E-state index in [0.717, 1.165) is 0 Å². The zero-order valence-corrected chi connectivity index (χ0v) is 6.99. The number of hydrogen-bond donors (Lipinski definition) is 0. The molecule has 0 aliphatic carbocycles. The van der Waals surface area contributed by atoms with Gasteiger partial charge in [-0.3, -0.25) is 4.79 Å². The summed E-state index contributed by atoms with van der Waals surface area (Å²) >= 11 is 1.70. The highest BCUT2D eigenvalue weighted by Gasteiger charge is 1.98. The summed E-state index contributed by atoms with van der Waals surface area (Å²) < 4.78 is 0. The molecule has 2 heteroatoms. The third-order valence-electron chi connectivity index (χ3n) is 1.22. The Balaban J connectivity index is 2.67. The maximum atomic E-state index is 10.6. The molecule has 1 aromatic rings.